The maximum atomic E-state index is 14.0. The second-order valence-electron chi connectivity index (χ2n) is 4.81. The van der Waals surface area contributed by atoms with Crippen molar-refractivity contribution >= 4 is 11.5 Å². The highest BCUT2D eigenvalue weighted by Gasteiger charge is 2.17. The van der Waals surface area contributed by atoms with E-state index in [1.807, 2.05) is 6.07 Å². The van der Waals surface area contributed by atoms with Gasteiger partial charge in [0.1, 0.15) is 5.82 Å². The smallest absolute Gasteiger partial charge is 0.175 e. The average molecular weight is 281 g/mol. The van der Waals surface area contributed by atoms with Crippen molar-refractivity contribution in [2.24, 2.45) is 10.9 Å². The summed E-state index contributed by atoms with van der Waals surface area (Å²) in [4.78, 5) is 2.11. The lowest BCUT2D eigenvalue weighted by Crippen LogP contribution is -2.29. The Labute approximate surface area is 120 Å². The number of amidine groups is 1. The van der Waals surface area contributed by atoms with Gasteiger partial charge < -0.3 is 15.8 Å². The van der Waals surface area contributed by atoms with E-state index in [0.717, 1.165) is 38.8 Å². The lowest BCUT2D eigenvalue weighted by Gasteiger charge is -2.27. The molecule has 0 saturated heterocycles. The Morgan fingerprint density at radius 1 is 1.25 bits per heavy atom. The first-order valence-corrected chi connectivity index (χ1v) is 7.17. The van der Waals surface area contributed by atoms with Crippen molar-refractivity contribution in [2.45, 2.75) is 39.5 Å². The first-order valence-electron chi connectivity index (χ1n) is 7.17. The topological polar surface area (TPSA) is 61.8 Å². The molecule has 1 aromatic rings. The standard InChI is InChI=1S/C15H24FN3O/c1-3-5-10-19(11-6-4-2)13-9-7-8-12(16)14(13)15(17)18-20/h7-9,20H,3-6,10-11H2,1-2H3,(H2,17,18). The second kappa shape index (κ2) is 8.40. The number of nitrogens with two attached hydrogens (primary N) is 1. The van der Waals surface area contributed by atoms with E-state index in [1.54, 1.807) is 6.07 Å². The molecule has 0 saturated carbocycles. The number of hydrogen-bond donors (Lipinski definition) is 2. The predicted octanol–water partition coefficient (Wildman–Crippen LogP) is 3.33. The number of rotatable bonds is 8. The maximum Gasteiger partial charge on any atom is 0.175 e. The van der Waals surface area contributed by atoms with Crippen LogP contribution in [0.3, 0.4) is 0 Å². The summed E-state index contributed by atoms with van der Waals surface area (Å²) >= 11 is 0. The van der Waals surface area contributed by atoms with E-state index in [4.69, 9.17) is 10.9 Å². The molecule has 5 heteroatoms. The Hall–Kier alpha value is -1.78. The zero-order chi connectivity index (χ0) is 15.0. The van der Waals surface area contributed by atoms with Crippen LogP contribution in [0.2, 0.25) is 0 Å². The Bertz CT molecular complexity index is 441. The van der Waals surface area contributed by atoms with Crippen LogP contribution in [0.25, 0.3) is 0 Å². The van der Waals surface area contributed by atoms with Gasteiger partial charge in [-0.1, -0.05) is 37.9 Å². The van der Waals surface area contributed by atoms with Gasteiger partial charge in [-0.15, -0.1) is 0 Å². The number of anilines is 1. The quantitative estimate of drug-likeness (QED) is 0.332. The van der Waals surface area contributed by atoms with Gasteiger partial charge in [-0.2, -0.15) is 0 Å². The van der Waals surface area contributed by atoms with Crippen molar-refractivity contribution in [1.29, 1.82) is 0 Å². The van der Waals surface area contributed by atoms with E-state index in [2.05, 4.69) is 23.9 Å². The van der Waals surface area contributed by atoms with Crippen LogP contribution < -0.4 is 10.6 Å². The summed E-state index contributed by atoms with van der Waals surface area (Å²) in [5.74, 6) is -0.646. The van der Waals surface area contributed by atoms with Crippen molar-refractivity contribution in [3.63, 3.8) is 0 Å². The van der Waals surface area contributed by atoms with Gasteiger partial charge in [0.25, 0.3) is 0 Å². The molecule has 0 spiro atoms. The highest BCUT2D eigenvalue weighted by Crippen LogP contribution is 2.24. The van der Waals surface area contributed by atoms with Crippen molar-refractivity contribution in [1.82, 2.24) is 0 Å². The molecular formula is C15H24FN3O. The van der Waals surface area contributed by atoms with Crippen LogP contribution in [0.5, 0.6) is 0 Å². The van der Waals surface area contributed by atoms with Gasteiger partial charge in [-0.05, 0) is 25.0 Å². The molecule has 0 atom stereocenters. The Balaban J connectivity index is 3.14. The van der Waals surface area contributed by atoms with Gasteiger partial charge in [-0.3, -0.25) is 0 Å². The molecule has 112 valence electrons. The van der Waals surface area contributed by atoms with Crippen molar-refractivity contribution in [2.75, 3.05) is 18.0 Å². The predicted molar refractivity (Wildman–Crippen MR) is 80.9 cm³/mol. The van der Waals surface area contributed by atoms with Crippen molar-refractivity contribution in [3.8, 4) is 0 Å². The Morgan fingerprint density at radius 3 is 2.35 bits per heavy atom. The second-order valence-corrected chi connectivity index (χ2v) is 4.81. The molecule has 0 amide bonds. The third-order valence-corrected chi connectivity index (χ3v) is 3.26. The first kappa shape index (κ1) is 16.3. The van der Waals surface area contributed by atoms with Gasteiger partial charge in [0.15, 0.2) is 5.84 Å². The molecule has 4 nitrogen and oxygen atoms in total. The molecule has 0 radical (unpaired) electrons. The van der Waals surface area contributed by atoms with Gasteiger partial charge >= 0.3 is 0 Å². The van der Waals surface area contributed by atoms with Gasteiger partial charge in [-0.25, -0.2) is 4.39 Å². The fourth-order valence-corrected chi connectivity index (χ4v) is 2.13. The summed E-state index contributed by atoms with van der Waals surface area (Å²) < 4.78 is 14.0. The van der Waals surface area contributed by atoms with Crippen LogP contribution in [0, 0.1) is 5.82 Å². The number of halogens is 1. The summed E-state index contributed by atoms with van der Waals surface area (Å²) in [5, 5.41) is 11.8. The monoisotopic (exact) mass is 281 g/mol. The van der Waals surface area contributed by atoms with Gasteiger partial charge in [0, 0.05) is 13.1 Å². The van der Waals surface area contributed by atoms with Crippen LogP contribution in [0.4, 0.5) is 10.1 Å². The third kappa shape index (κ3) is 4.11. The van der Waals surface area contributed by atoms with E-state index in [-0.39, 0.29) is 11.4 Å². The van der Waals surface area contributed by atoms with E-state index in [1.165, 1.54) is 6.07 Å². The molecule has 0 unspecified atom stereocenters. The molecule has 1 aromatic carbocycles. The Kier molecular flexibility index (Phi) is 6.84. The summed E-state index contributed by atoms with van der Waals surface area (Å²) in [6.07, 6.45) is 4.18. The molecule has 0 aliphatic heterocycles. The lowest BCUT2D eigenvalue weighted by molar-refractivity contribution is 0.318. The zero-order valence-electron chi connectivity index (χ0n) is 12.3. The minimum atomic E-state index is -0.462. The SMILES string of the molecule is CCCCN(CCCC)c1cccc(F)c1C(N)=NO. The normalized spacial score (nSPS) is 11.7. The summed E-state index contributed by atoms with van der Waals surface area (Å²) in [6, 6.07) is 4.81. The van der Waals surface area contributed by atoms with E-state index < -0.39 is 5.82 Å². The largest absolute Gasteiger partial charge is 0.409 e. The van der Waals surface area contributed by atoms with Crippen LogP contribution >= 0.6 is 0 Å². The highest BCUT2D eigenvalue weighted by molar-refractivity contribution is 6.02. The van der Waals surface area contributed by atoms with Crippen molar-refractivity contribution < 1.29 is 9.60 Å². The van der Waals surface area contributed by atoms with E-state index >= 15 is 0 Å². The number of benzene rings is 1. The molecule has 0 aliphatic carbocycles. The van der Waals surface area contributed by atoms with Crippen molar-refractivity contribution in [3.05, 3.63) is 29.6 Å². The zero-order valence-corrected chi connectivity index (χ0v) is 12.3. The maximum absolute atomic E-state index is 14.0. The lowest BCUT2D eigenvalue weighted by atomic mass is 10.1. The third-order valence-electron chi connectivity index (χ3n) is 3.26. The summed E-state index contributed by atoms with van der Waals surface area (Å²) in [5.41, 5.74) is 6.50. The van der Waals surface area contributed by atoms with Crippen LogP contribution in [0.1, 0.15) is 45.1 Å². The minimum Gasteiger partial charge on any atom is -0.409 e. The fraction of sp³-hybridized carbons (Fsp3) is 0.533. The number of unbranched alkanes of at least 4 members (excludes halogenated alkanes) is 2. The Morgan fingerprint density at radius 2 is 1.85 bits per heavy atom. The molecule has 0 aliphatic rings. The first-order chi connectivity index (χ1) is 9.65. The van der Waals surface area contributed by atoms with E-state index in [9.17, 15) is 4.39 Å². The van der Waals surface area contributed by atoms with Crippen LogP contribution in [0.15, 0.2) is 23.4 Å². The molecule has 1 rings (SSSR count). The van der Waals surface area contributed by atoms with Gasteiger partial charge in [0.05, 0.1) is 11.3 Å². The molecule has 0 aromatic heterocycles. The molecule has 0 fully saturated rings. The minimum absolute atomic E-state index is 0.183. The van der Waals surface area contributed by atoms with E-state index in [0.29, 0.717) is 5.69 Å². The highest BCUT2D eigenvalue weighted by atomic mass is 19.1. The molecule has 0 bridgehead atoms. The molecule has 3 N–H and O–H groups in total. The number of hydrogen-bond acceptors (Lipinski definition) is 3. The van der Waals surface area contributed by atoms with Crippen LogP contribution in [-0.4, -0.2) is 24.1 Å². The fourth-order valence-electron chi connectivity index (χ4n) is 2.13. The average Bonchev–Trinajstić information content (AvgIpc) is 2.46. The summed E-state index contributed by atoms with van der Waals surface area (Å²) in [7, 11) is 0. The summed E-state index contributed by atoms with van der Waals surface area (Å²) in [6.45, 7) is 5.92. The number of oxime groups is 1. The van der Waals surface area contributed by atoms with Gasteiger partial charge in [0.2, 0.25) is 0 Å². The number of nitrogens with zero attached hydrogens (tertiary/aromatic N) is 2. The molecular weight excluding hydrogens is 257 g/mol. The molecule has 20 heavy (non-hydrogen) atoms. The van der Waals surface area contributed by atoms with Crippen LogP contribution in [-0.2, 0) is 0 Å². The molecule has 0 heterocycles.